The molecular weight excluding hydrogens is 228 g/mol. The average Bonchev–Trinajstić information content (AvgIpc) is 3.09. The Balaban J connectivity index is 1.56. The Bertz CT molecular complexity index is 426. The quantitative estimate of drug-likeness (QED) is 0.753. The van der Waals surface area contributed by atoms with Crippen molar-refractivity contribution in [2.75, 3.05) is 13.1 Å². The second kappa shape index (κ2) is 4.31. The molecule has 3 aliphatic rings. The van der Waals surface area contributed by atoms with Crippen LogP contribution in [0.15, 0.2) is 6.20 Å². The van der Waals surface area contributed by atoms with E-state index in [1.54, 1.807) is 0 Å². The van der Waals surface area contributed by atoms with E-state index in [1.165, 1.54) is 32.2 Å². The predicted octanol–water partition coefficient (Wildman–Crippen LogP) is 1.37. The minimum Gasteiger partial charge on any atom is -0.370 e. The third-order valence-electron chi connectivity index (χ3n) is 4.80. The molecule has 0 spiro atoms. The van der Waals surface area contributed by atoms with E-state index in [1.807, 2.05) is 6.20 Å². The summed E-state index contributed by atoms with van der Waals surface area (Å²) in [6, 6.07) is 1.19. The molecule has 0 radical (unpaired) electrons. The number of fused-ring (bicyclic) bond motifs is 3. The Kier molecular flexibility index (Phi) is 2.62. The molecule has 0 aromatic carbocycles. The normalized spacial score (nSPS) is 33.3. The van der Waals surface area contributed by atoms with Gasteiger partial charge in [0.05, 0.1) is 30.6 Å². The third kappa shape index (κ3) is 1.68. The van der Waals surface area contributed by atoms with Crippen molar-refractivity contribution < 1.29 is 4.74 Å². The van der Waals surface area contributed by atoms with Crippen LogP contribution in [0.1, 0.15) is 43.8 Å². The Labute approximate surface area is 107 Å². The van der Waals surface area contributed by atoms with E-state index in [-0.39, 0.29) is 0 Å². The van der Waals surface area contributed by atoms with Gasteiger partial charge < -0.3 is 4.74 Å². The first-order chi connectivity index (χ1) is 8.92. The fraction of sp³-hybridized carbons (Fsp3) is 0.846. The number of nitrogens with zero attached hydrogens (tertiary/aromatic N) is 4. The third-order valence-corrected chi connectivity index (χ3v) is 4.80. The maximum absolute atomic E-state index is 5.95. The van der Waals surface area contributed by atoms with Crippen molar-refractivity contribution in [2.24, 2.45) is 0 Å². The Morgan fingerprint density at radius 2 is 2.11 bits per heavy atom. The molecule has 18 heavy (non-hydrogen) atoms. The van der Waals surface area contributed by atoms with Crippen molar-refractivity contribution in [3.63, 3.8) is 0 Å². The first-order valence-electron chi connectivity index (χ1n) is 7.16. The zero-order valence-corrected chi connectivity index (χ0v) is 10.7. The second-order valence-corrected chi connectivity index (χ2v) is 5.81. The summed E-state index contributed by atoms with van der Waals surface area (Å²) < 4.78 is 8.06. The van der Waals surface area contributed by atoms with Gasteiger partial charge >= 0.3 is 0 Å². The van der Waals surface area contributed by atoms with Crippen molar-refractivity contribution in [1.82, 2.24) is 19.9 Å². The average molecular weight is 248 g/mol. The second-order valence-electron chi connectivity index (χ2n) is 5.81. The van der Waals surface area contributed by atoms with Gasteiger partial charge in [0, 0.05) is 19.1 Å². The van der Waals surface area contributed by atoms with Crippen LogP contribution in [0.25, 0.3) is 0 Å². The molecule has 3 heterocycles. The SMILES string of the molecule is c1nnn2c1CO[C@H]1CCN(C3CCCC3)C[C@@H]12. The summed E-state index contributed by atoms with van der Waals surface area (Å²) in [5.41, 5.74) is 1.13. The Morgan fingerprint density at radius 3 is 3.00 bits per heavy atom. The Hall–Kier alpha value is -0.940. The number of hydrogen-bond donors (Lipinski definition) is 0. The lowest BCUT2D eigenvalue weighted by atomic mass is 9.98. The first kappa shape index (κ1) is 10.9. The fourth-order valence-electron chi connectivity index (χ4n) is 3.80. The summed E-state index contributed by atoms with van der Waals surface area (Å²) in [6.45, 7) is 2.96. The standard InChI is InChI=1S/C13H20N4O/c1-2-4-10(3-1)16-6-5-13-12(8-16)17-11(9-18-13)7-14-15-17/h7,10,12-13H,1-6,8-9H2/t12-,13-/m0/s1. The van der Waals surface area contributed by atoms with Crippen LogP contribution in [0.5, 0.6) is 0 Å². The molecule has 4 rings (SSSR count). The van der Waals surface area contributed by atoms with Crippen LogP contribution in [-0.4, -0.2) is 45.1 Å². The number of piperidine rings is 1. The molecule has 2 atom stereocenters. The summed E-state index contributed by atoms with van der Waals surface area (Å²) in [5, 5.41) is 8.29. The van der Waals surface area contributed by atoms with Crippen molar-refractivity contribution in [3.05, 3.63) is 11.9 Å². The monoisotopic (exact) mass is 248 g/mol. The van der Waals surface area contributed by atoms with Crippen LogP contribution in [0.2, 0.25) is 0 Å². The van der Waals surface area contributed by atoms with Gasteiger partial charge in [0.1, 0.15) is 0 Å². The van der Waals surface area contributed by atoms with Gasteiger partial charge in [-0.15, -0.1) is 5.10 Å². The van der Waals surface area contributed by atoms with E-state index < -0.39 is 0 Å². The molecule has 1 aliphatic carbocycles. The van der Waals surface area contributed by atoms with E-state index in [4.69, 9.17) is 4.74 Å². The van der Waals surface area contributed by atoms with Gasteiger partial charge in [-0.3, -0.25) is 4.90 Å². The molecule has 0 bridgehead atoms. The predicted molar refractivity (Wildman–Crippen MR) is 66.1 cm³/mol. The van der Waals surface area contributed by atoms with Gasteiger partial charge in [0.25, 0.3) is 0 Å². The zero-order chi connectivity index (χ0) is 11.9. The number of hydrogen-bond acceptors (Lipinski definition) is 4. The molecule has 5 nitrogen and oxygen atoms in total. The van der Waals surface area contributed by atoms with Gasteiger partial charge in [0.15, 0.2) is 0 Å². The summed E-state index contributed by atoms with van der Waals surface area (Å²) >= 11 is 0. The highest BCUT2D eigenvalue weighted by molar-refractivity contribution is 5.01. The molecule has 0 N–H and O–H groups in total. The van der Waals surface area contributed by atoms with Gasteiger partial charge in [0.2, 0.25) is 0 Å². The molecule has 2 fully saturated rings. The van der Waals surface area contributed by atoms with Gasteiger partial charge in [-0.2, -0.15) is 0 Å². The van der Waals surface area contributed by atoms with E-state index in [0.717, 1.165) is 24.7 Å². The topological polar surface area (TPSA) is 43.2 Å². The lowest BCUT2D eigenvalue weighted by Crippen LogP contribution is -2.50. The van der Waals surface area contributed by atoms with Crippen LogP contribution in [-0.2, 0) is 11.3 Å². The lowest BCUT2D eigenvalue weighted by Gasteiger charge is -2.43. The van der Waals surface area contributed by atoms with Crippen LogP contribution in [0, 0.1) is 0 Å². The van der Waals surface area contributed by atoms with Crippen LogP contribution < -0.4 is 0 Å². The maximum atomic E-state index is 5.95. The van der Waals surface area contributed by atoms with Crippen molar-refractivity contribution in [3.8, 4) is 0 Å². The van der Waals surface area contributed by atoms with Gasteiger partial charge in [-0.1, -0.05) is 18.1 Å². The summed E-state index contributed by atoms with van der Waals surface area (Å²) in [4.78, 5) is 2.66. The summed E-state index contributed by atoms with van der Waals surface area (Å²) in [6.07, 6.45) is 8.88. The molecule has 2 aliphatic heterocycles. The van der Waals surface area contributed by atoms with Crippen LogP contribution >= 0.6 is 0 Å². The molecular formula is C13H20N4O. The highest BCUT2D eigenvalue weighted by Crippen LogP contribution is 2.33. The highest BCUT2D eigenvalue weighted by Gasteiger charge is 2.38. The molecule has 1 aromatic heterocycles. The minimum absolute atomic E-state index is 0.344. The van der Waals surface area contributed by atoms with Crippen molar-refractivity contribution in [2.45, 2.75) is 56.9 Å². The highest BCUT2D eigenvalue weighted by atomic mass is 16.5. The van der Waals surface area contributed by atoms with Crippen molar-refractivity contribution >= 4 is 0 Å². The van der Waals surface area contributed by atoms with E-state index in [2.05, 4.69) is 19.9 Å². The number of rotatable bonds is 1. The molecule has 5 heteroatoms. The number of aromatic nitrogens is 3. The Morgan fingerprint density at radius 1 is 1.22 bits per heavy atom. The fourth-order valence-corrected chi connectivity index (χ4v) is 3.80. The smallest absolute Gasteiger partial charge is 0.0930 e. The van der Waals surface area contributed by atoms with Gasteiger partial charge in [-0.05, 0) is 19.3 Å². The molecule has 1 saturated heterocycles. The largest absolute Gasteiger partial charge is 0.370 e. The van der Waals surface area contributed by atoms with Crippen LogP contribution in [0.4, 0.5) is 0 Å². The molecule has 1 aromatic rings. The lowest BCUT2D eigenvalue weighted by molar-refractivity contribution is -0.0720. The van der Waals surface area contributed by atoms with Crippen LogP contribution in [0.3, 0.4) is 0 Å². The molecule has 0 amide bonds. The molecule has 0 unspecified atom stereocenters. The van der Waals surface area contributed by atoms with E-state index in [9.17, 15) is 0 Å². The zero-order valence-electron chi connectivity index (χ0n) is 10.7. The van der Waals surface area contributed by atoms with Gasteiger partial charge in [-0.25, -0.2) is 4.68 Å². The maximum Gasteiger partial charge on any atom is 0.0930 e. The summed E-state index contributed by atoms with van der Waals surface area (Å²) in [5.74, 6) is 0. The number of ether oxygens (including phenoxy) is 1. The molecule has 98 valence electrons. The minimum atomic E-state index is 0.344. The summed E-state index contributed by atoms with van der Waals surface area (Å²) in [7, 11) is 0. The number of likely N-dealkylation sites (tertiary alicyclic amines) is 1. The molecule has 1 saturated carbocycles. The first-order valence-corrected chi connectivity index (χ1v) is 7.16. The van der Waals surface area contributed by atoms with E-state index in [0.29, 0.717) is 18.8 Å². The van der Waals surface area contributed by atoms with Crippen molar-refractivity contribution in [1.29, 1.82) is 0 Å². The van der Waals surface area contributed by atoms with E-state index >= 15 is 0 Å².